The highest BCUT2D eigenvalue weighted by atomic mass is 32.2. The summed E-state index contributed by atoms with van der Waals surface area (Å²) in [7, 11) is -0.926. The lowest BCUT2D eigenvalue weighted by Crippen LogP contribution is -2.41. The van der Waals surface area contributed by atoms with Gasteiger partial charge >= 0.3 is 5.97 Å². The van der Waals surface area contributed by atoms with E-state index in [4.69, 9.17) is 14.2 Å². The average molecular weight is 477 g/mol. The first-order valence-electron chi connectivity index (χ1n) is 10.6. The molecule has 0 atom stereocenters. The highest BCUT2D eigenvalue weighted by Gasteiger charge is 2.32. The van der Waals surface area contributed by atoms with E-state index in [1.807, 2.05) is 6.92 Å². The summed E-state index contributed by atoms with van der Waals surface area (Å²) in [5.74, 6) is -0.189. The number of esters is 1. The van der Waals surface area contributed by atoms with Gasteiger partial charge in [0.15, 0.2) is 0 Å². The first-order chi connectivity index (χ1) is 15.8. The van der Waals surface area contributed by atoms with Crippen LogP contribution in [0.5, 0.6) is 11.5 Å². The molecule has 1 fully saturated rings. The van der Waals surface area contributed by atoms with E-state index in [9.17, 15) is 18.0 Å². The van der Waals surface area contributed by atoms with Gasteiger partial charge in [-0.25, -0.2) is 13.2 Å². The molecule has 0 spiro atoms. The normalized spacial score (nSPS) is 15.0. The lowest BCUT2D eigenvalue weighted by Gasteiger charge is -2.30. The van der Waals surface area contributed by atoms with E-state index >= 15 is 0 Å². The van der Waals surface area contributed by atoms with Crippen LogP contribution in [0.1, 0.15) is 30.1 Å². The summed E-state index contributed by atoms with van der Waals surface area (Å²) in [5.41, 5.74) is 0.498. The molecule has 0 bridgehead atoms. The van der Waals surface area contributed by atoms with Crippen LogP contribution in [-0.2, 0) is 19.6 Å². The Bertz CT molecular complexity index is 1090. The number of methoxy groups -OCH3 is 2. The monoisotopic (exact) mass is 476 g/mol. The van der Waals surface area contributed by atoms with Crippen LogP contribution < -0.4 is 14.8 Å². The number of carbonyl (C=O) groups excluding carboxylic acids is 2. The zero-order valence-corrected chi connectivity index (χ0v) is 19.7. The first-order valence-corrected chi connectivity index (χ1v) is 12.0. The minimum Gasteiger partial charge on any atom is -0.497 e. The number of carbonyl (C=O) groups is 2. The predicted octanol–water partition coefficient (Wildman–Crippen LogP) is 2.92. The summed E-state index contributed by atoms with van der Waals surface area (Å²) in [4.78, 5) is 25.1. The number of amides is 1. The molecule has 10 heteroatoms. The molecule has 0 aliphatic carbocycles. The van der Waals surface area contributed by atoms with Gasteiger partial charge in [0.1, 0.15) is 11.5 Å². The molecular weight excluding hydrogens is 448 g/mol. The lowest BCUT2D eigenvalue weighted by molar-refractivity contribution is -0.120. The van der Waals surface area contributed by atoms with Crippen LogP contribution >= 0.6 is 0 Å². The van der Waals surface area contributed by atoms with Crippen LogP contribution in [0.3, 0.4) is 0 Å². The second kappa shape index (κ2) is 10.7. The number of rotatable bonds is 8. The molecule has 1 amide bonds. The van der Waals surface area contributed by atoms with Gasteiger partial charge in [-0.15, -0.1) is 0 Å². The molecule has 1 heterocycles. The van der Waals surface area contributed by atoms with Gasteiger partial charge < -0.3 is 19.5 Å². The molecule has 1 aliphatic heterocycles. The van der Waals surface area contributed by atoms with Gasteiger partial charge in [-0.05, 0) is 62.2 Å². The highest BCUT2D eigenvalue weighted by Crippen LogP contribution is 2.28. The van der Waals surface area contributed by atoms with Crippen molar-refractivity contribution < 1.29 is 32.2 Å². The molecule has 33 heavy (non-hydrogen) atoms. The molecular formula is C23H28N2O7S. The van der Waals surface area contributed by atoms with Gasteiger partial charge in [-0.2, -0.15) is 4.31 Å². The third kappa shape index (κ3) is 5.63. The number of hydrogen-bond acceptors (Lipinski definition) is 7. The number of sulfonamides is 1. The van der Waals surface area contributed by atoms with E-state index in [0.29, 0.717) is 36.6 Å². The smallest absolute Gasteiger partial charge is 0.340 e. The summed E-state index contributed by atoms with van der Waals surface area (Å²) in [5, 5.41) is 2.77. The molecule has 0 radical (unpaired) electrons. The van der Waals surface area contributed by atoms with E-state index in [-0.39, 0.29) is 35.4 Å². The maximum atomic E-state index is 13.0. The van der Waals surface area contributed by atoms with Gasteiger partial charge in [0.25, 0.3) is 0 Å². The second-order valence-corrected chi connectivity index (χ2v) is 9.41. The van der Waals surface area contributed by atoms with Crippen molar-refractivity contribution in [3.8, 4) is 11.5 Å². The van der Waals surface area contributed by atoms with E-state index in [1.165, 1.54) is 36.7 Å². The molecule has 0 unspecified atom stereocenters. The molecule has 3 rings (SSSR count). The second-order valence-electron chi connectivity index (χ2n) is 7.48. The summed E-state index contributed by atoms with van der Waals surface area (Å²) >= 11 is 0. The SMILES string of the molecule is CCOc1ccc(S(=O)(=O)N2CCC(C(=O)Nc3ccc(OC)cc3C(=O)OC)CC2)cc1. The molecule has 2 aromatic rings. The molecule has 1 aliphatic rings. The van der Waals surface area contributed by atoms with E-state index < -0.39 is 16.0 Å². The summed E-state index contributed by atoms with van der Waals surface area (Å²) in [6.07, 6.45) is 0.734. The van der Waals surface area contributed by atoms with Gasteiger partial charge in [0.05, 0.1) is 37.0 Å². The fourth-order valence-electron chi connectivity index (χ4n) is 3.65. The quantitative estimate of drug-likeness (QED) is 0.583. The number of nitrogens with one attached hydrogen (secondary N) is 1. The van der Waals surface area contributed by atoms with Crippen molar-refractivity contribution in [1.29, 1.82) is 0 Å². The van der Waals surface area contributed by atoms with Gasteiger partial charge in [0, 0.05) is 19.0 Å². The van der Waals surface area contributed by atoms with Gasteiger partial charge in [-0.1, -0.05) is 0 Å². The third-order valence-corrected chi connectivity index (χ3v) is 7.40. The molecule has 0 aromatic heterocycles. The molecule has 9 nitrogen and oxygen atoms in total. The number of ether oxygens (including phenoxy) is 3. The third-order valence-electron chi connectivity index (χ3n) is 5.49. The van der Waals surface area contributed by atoms with Crippen LogP contribution in [0.4, 0.5) is 5.69 Å². The van der Waals surface area contributed by atoms with Crippen LogP contribution in [0, 0.1) is 5.92 Å². The zero-order valence-electron chi connectivity index (χ0n) is 18.9. The summed E-state index contributed by atoms with van der Waals surface area (Å²) in [6, 6.07) is 11.0. The Morgan fingerprint density at radius 2 is 1.67 bits per heavy atom. The van der Waals surface area contributed by atoms with Crippen molar-refractivity contribution in [1.82, 2.24) is 4.31 Å². The van der Waals surface area contributed by atoms with Gasteiger partial charge in [0.2, 0.25) is 15.9 Å². The van der Waals surface area contributed by atoms with Crippen molar-refractivity contribution in [3.63, 3.8) is 0 Å². The first kappa shape index (κ1) is 24.5. The van der Waals surface area contributed by atoms with E-state index in [1.54, 1.807) is 24.3 Å². The van der Waals surface area contributed by atoms with Crippen molar-refractivity contribution >= 4 is 27.6 Å². The standard InChI is InChI=1S/C23H28N2O7S/c1-4-32-17-5-8-19(9-6-17)33(28,29)25-13-11-16(12-14-25)22(26)24-21-10-7-18(30-2)15-20(21)23(27)31-3/h5-10,15-16H,4,11-14H2,1-3H3,(H,24,26). The Labute approximate surface area is 193 Å². The Balaban J connectivity index is 1.65. The molecule has 2 aromatic carbocycles. The van der Waals surface area contributed by atoms with Crippen molar-refractivity contribution in [2.24, 2.45) is 5.92 Å². The number of anilines is 1. The molecule has 0 saturated carbocycles. The number of nitrogens with zero attached hydrogens (tertiary/aromatic N) is 1. The Morgan fingerprint density at radius 1 is 1.03 bits per heavy atom. The van der Waals surface area contributed by atoms with E-state index in [0.717, 1.165) is 0 Å². The fourth-order valence-corrected chi connectivity index (χ4v) is 5.12. The van der Waals surface area contributed by atoms with E-state index in [2.05, 4.69) is 5.32 Å². The topological polar surface area (TPSA) is 111 Å². The Morgan fingerprint density at radius 3 is 2.24 bits per heavy atom. The molecule has 1 N–H and O–H groups in total. The van der Waals surface area contributed by atoms with Crippen molar-refractivity contribution in [3.05, 3.63) is 48.0 Å². The Kier molecular flexibility index (Phi) is 7.93. The van der Waals surface area contributed by atoms with Crippen molar-refractivity contribution in [2.45, 2.75) is 24.7 Å². The largest absolute Gasteiger partial charge is 0.497 e. The maximum Gasteiger partial charge on any atom is 0.340 e. The maximum absolute atomic E-state index is 13.0. The van der Waals surface area contributed by atoms with Crippen LogP contribution in [-0.4, -0.2) is 58.5 Å². The minimum atomic E-state index is -3.66. The highest BCUT2D eigenvalue weighted by molar-refractivity contribution is 7.89. The molecule has 178 valence electrons. The lowest BCUT2D eigenvalue weighted by atomic mass is 9.97. The molecule has 1 saturated heterocycles. The average Bonchev–Trinajstić information content (AvgIpc) is 2.84. The van der Waals surface area contributed by atoms with Gasteiger partial charge in [-0.3, -0.25) is 4.79 Å². The van der Waals surface area contributed by atoms with Crippen LogP contribution in [0.15, 0.2) is 47.4 Å². The zero-order chi connectivity index (χ0) is 24.0. The van der Waals surface area contributed by atoms with Crippen LogP contribution in [0.2, 0.25) is 0 Å². The summed E-state index contributed by atoms with van der Waals surface area (Å²) in [6.45, 7) is 2.80. The minimum absolute atomic E-state index is 0.181. The fraction of sp³-hybridized carbons (Fsp3) is 0.391. The number of piperidine rings is 1. The van der Waals surface area contributed by atoms with Crippen molar-refractivity contribution in [2.75, 3.05) is 39.2 Å². The predicted molar refractivity (Wildman–Crippen MR) is 122 cm³/mol. The summed E-state index contributed by atoms with van der Waals surface area (Å²) < 4.78 is 42.6. The number of benzene rings is 2. The van der Waals surface area contributed by atoms with Crippen LogP contribution in [0.25, 0.3) is 0 Å². The number of hydrogen-bond donors (Lipinski definition) is 1. The Hall–Kier alpha value is -3.11.